The maximum absolute atomic E-state index is 11.8. The minimum absolute atomic E-state index is 0.120. The molecule has 0 aliphatic carbocycles. The van der Waals surface area contributed by atoms with Gasteiger partial charge in [0.05, 0.1) is 11.6 Å². The molecular formula is C19H26Cl2O4. The second-order valence-electron chi connectivity index (χ2n) is 5.89. The third-order valence-corrected chi connectivity index (χ3v) is 4.19. The zero-order valence-electron chi connectivity index (χ0n) is 14.7. The molecule has 0 N–H and O–H groups in total. The molecule has 0 fully saturated rings. The summed E-state index contributed by atoms with van der Waals surface area (Å²) in [5.74, 6) is -0.500. The number of esters is 2. The fourth-order valence-corrected chi connectivity index (χ4v) is 2.56. The van der Waals surface area contributed by atoms with Gasteiger partial charge >= 0.3 is 11.9 Å². The van der Waals surface area contributed by atoms with Gasteiger partial charge in [-0.1, -0.05) is 62.2 Å². The molecule has 0 atom stereocenters. The zero-order valence-corrected chi connectivity index (χ0v) is 16.2. The monoisotopic (exact) mass is 388 g/mol. The van der Waals surface area contributed by atoms with Crippen molar-refractivity contribution in [1.29, 1.82) is 0 Å². The Labute approximate surface area is 159 Å². The van der Waals surface area contributed by atoms with Crippen LogP contribution in [0.15, 0.2) is 18.2 Å². The van der Waals surface area contributed by atoms with Crippen molar-refractivity contribution in [2.75, 3.05) is 6.61 Å². The van der Waals surface area contributed by atoms with Crippen molar-refractivity contribution >= 4 is 35.1 Å². The number of hydrogen-bond donors (Lipinski definition) is 0. The van der Waals surface area contributed by atoms with E-state index in [9.17, 15) is 9.59 Å². The Balaban J connectivity index is 2.10. The molecule has 25 heavy (non-hydrogen) atoms. The lowest BCUT2D eigenvalue weighted by Gasteiger charge is -2.07. The van der Waals surface area contributed by atoms with E-state index >= 15 is 0 Å². The van der Waals surface area contributed by atoms with E-state index in [2.05, 4.69) is 6.92 Å². The molecule has 1 aromatic rings. The summed E-state index contributed by atoms with van der Waals surface area (Å²) < 4.78 is 10.3. The number of ether oxygens (including phenoxy) is 2. The number of unbranched alkanes of at least 4 members (excludes halogenated alkanes) is 5. The van der Waals surface area contributed by atoms with Crippen molar-refractivity contribution in [2.24, 2.45) is 0 Å². The maximum Gasteiger partial charge on any atom is 0.311 e. The number of benzene rings is 1. The van der Waals surface area contributed by atoms with E-state index < -0.39 is 5.97 Å². The van der Waals surface area contributed by atoms with Crippen LogP contribution in [0.1, 0.15) is 64.7 Å². The van der Waals surface area contributed by atoms with E-state index in [1.54, 1.807) is 12.1 Å². The van der Waals surface area contributed by atoms with Gasteiger partial charge in [-0.15, -0.1) is 0 Å². The van der Waals surface area contributed by atoms with E-state index in [0.717, 1.165) is 12.8 Å². The minimum Gasteiger partial charge on any atom is -0.466 e. The van der Waals surface area contributed by atoms with Gasteiger partial charge in [0.25, 0.3) is 0 Å². The van der Waals surface area contributed by atoms with Crippen LogP contribution in [0.4, 0.5) is 0 Å². The number of hydrogen-bond acceptors (Lipinski definition) is 4. The van der Waals surface area contributed by atoms with E-state index in [-0.39, 0.29) is 24.6 Å². The van der Waals surface area contributed by atoms with Crippen molar-refractivity contribution in [3.8, 4) is 5.75 Å². The molecule has 0 saturated carbocycles. The highest BCUT2D eigenvalue weighted by Gasteiger charge is 2.11. The predicted octanol–water partition coefficient (Wildman–Crippen LogP) is 5.97. The quantitative estimate of drug-likeness (QED) is 0.251. The number of carbonyl (C=O) groups is 2. The molecule has 0 unspecified atom stereocenters. The minimum atomic E-state index is -0.451. The summed E-state index contributed by atoms with van der Waals surface area (Å²) in [6.45, 7) is 2.63. The van der Waals surface area contributed by atoms with Crippen LogP contribution >= 0.6 is 23.2 Å². The van der Waals surface area contributed by atoms with E-state index in [1.807, 2.05) is 0 Å². The van der Waals surface area contributed by atoms with E-state index in [1.165, 1.54) is 31.7 Å². The molecular weight excluding hydrogens is 363 g/mol. The SMILES string of the molecule is CCCCCCCCOC(=O)CCCC(=O)Oc1cc(Cl)ccc1Cl. The van der Waals surface area contributed by atoms with Crippen LogP contribution in [0, 0.1) is 0 Å². The second-order valence-corrected chi connectivity index (χ2v) is 6.73. The van der Waals surface area contributed by atoms with Crippen LogP contribution < -0.4 is 4.74 Å². The Hall–Kier alpha value is -1.26. The summed E-state index contributed by atoms with van der Waals surface area (Å²) in [4.78, 5) is 23.4. The van der Waals surface area contributed by atoms with Crippen molar-refractivity contribution in [2.45, 2.75) is 64.7 Å². The Bertz CT molecular complexity index is 546. The normalized spacial score (nSPS) is 10.5. The van der Waals surface area contributed by atoms with Gasteiger partial charge in [-0.25, -0.2) is 0 Å². The molecule has 6 heteroatoms. The smallest absolute Gasteiger partial charge is 0.311 e. The molecule has 1 aromatic carbocycles. The number of carbonyl (C=O) groups excluding carboxylic acids is 2. The lowest BCUT2D eigenvalue weighted by Crippen LogP contribution is -2.10. The molecule has 0 radical (unpaired) electrons. The Kier molecular flexibility index (Phi) is 11.3. The topological polar surface area (TPSA) is 52.6 Å². The molecule has 0 heterocycles. The zero-order chi connectivity index (χ0) is 18.5. The van der Waals surface area contributed by atoms with E-state index in [0.29, 0.717) is 23.1 Å². The van der Waals surface area contributed by atoms with Crippen molar-refractivity contribution < 1.29 is 19.1 Å². The summed E-state index contributed by atoms with van der Waals surface area (Å²) in [6, 6.07) is 4.66. The predicted molar refractivity (Wildman–Crippen MR) is 100 cm³/mol. The number of halogens is 2. The van der Waals surface area contributed by atoms with E-state index in [4.69, 9.17) is 32.7 Å². The van der Waals surface area contributed by atoms with Crippen LogP contribution in [0.25, 0.3) is 0 Å². The standard InChI is InChI=1S/C19H26Cl2O4/c1-2-3-4-5-6-7-13-24-18(22)9-8-10-19(23)25-17-14-15(20)11-12-16(17)21/h11-12,14H,2-10,13H2,1H3. The third kappa shape index (κ3) is 10.4. The summed E-state index contributed by atoms with van der Waals surface area (Å²) in [6.07, 6.45) is 7.59. The lowest BCUT2D eigenvalue weighted by molar-refractivity contribution is -0.144. The average molecular weight is 389 g/mol. The van der Waals surface area contributed by atoms with Crippen molar-refractivity contribution in [3.63, 3.8) is 0 Å². The van der Waals surface area contributed by atoms with Gasteiger partial charge in [0.2, 0.25) is 0 Å². The van der Waals surface area contributed by atoms with Gasteiger partial charge in [0.1, 0.15) is 0 Å². The second kappa shape index (κ2) is 13.0. The molecule has 140 valence electrons. The largest absolute Gasteiger partial charge is 0.466 e. The summed E-state index contributed by atoms with van der Waals surface area (Å²) >= 11 is 11.8. The highest BCUT2D eigenvalue weighted by atomic mass is 35.5. The fraction of sp³-hybridized carbons (Fsp3) is 0.579. The van der Waals surface area contributed by atoms with Gasteiger partial charge in [0, 0.05) is 23.9 Å². The third-order valence-electron chi connectivity index (χ3n) is 3.64. The molecule has 4 nitrogen and oxygen atoms in total. The van der Waals surface area contributed by atoms with Crippen LogP contribution in [0.3, 0.4) is 0 Å². The molecule has 0 aliphatic rings. The lowest BCUT2D eigenvalue weighted by atomic mass is 10.1. The molecule has 1 rings (SSSR count). The van der Waals surface area contributed by atoms with Gasteiger partial charge < -0.3 is 9.47 Å². The van der Waals surface area contributed by atoms with Gasteiger partial charge in [-0.2, -0.15) is 0 Å². The Morgan fingerprint density at radius 3 is 2.36 bits per heavy atom. The van der Waals surface area contributed by atoms with Crippen molar-refractivity contribution in [1.82, 2.24) is 0 Å². The van der Waals surface area contributed by atoms with Gasteiger partial charge in [0.15, 0.2) is 5.75 Å². The molecule has 0 aliphatic heterocycles. The Morgan fingerprint density at radius 2 is 1.60 bits per heavy atom. The Morgan fingerprint density at radius 1 is 0.920 bits per heavy atom. The van der Waals surface area contributed by atoms with Crippen LogP contribution in [0.5, 0.6) is 5.75 Å². The molecule has 0 saturated heterocycles. The molecule has 0 bridgehead atoms. The molecule has 0 amide bonds. The summed E-state index contributed by atoms with van der Waals surface area (Å²) in [7, 11) is 0. The first-order chi connectivity index (χ1) is 12.0. The highest BCUT2D eigenvalue weighted by Crippen LogP contribution is 2.28. The van der Waals surface area contributed by atoms with Crippen molar-refractivity contribution in [3.05, 3.63) is 28.2 Å². The first-order valence-corrected chi connectivity index (χ1v) is 9.60. The first kappa shape index (κ1) is 21.8. The van der Waals surface area contributed by atoms with Crippen LogP contribution in [-0.4, -0.2) is 18.5 Å². The first-order valence-electron chi connectivity index (χ1n) is 8.84. The van der Waals surface area contributed by atoms with Crippen LogP contribution in [-0.2, 0) is 14.3 Å². The fourth-order valence-electron chi connectivity index (χ4n) is 2.25. The van der Waals surface area contributed by atoms with Crippen LogP contribution in [0.2, 0.25) is 10.0 Å². The van der Waals surface area contributed by atoms with Gasteiger partial charge in [-0.3, -0.25) is 9.59 Å². The number of rotatable bonds is 12. The molecule has 0 spiro atoms. The average Bonchev–Trinajstić information content (AvgIpc) is 2.57. The van der Waals surface area contributed by atoms with Gasteiger partial charge in [-0.05, 0) is 25.0 Å². The highest BCUT2D eigenvalue weighted by molar-refractivity contribution is 6.34. The maximum atomic E-state index is 11.8. The summed E-state index contributed by atoms with van der Waals surface area (Å²) in [5.41, 5.74) is 0. The molecule has 0 aromatic heterocycles. The summed E-state index contributed by atoms with van der Waals surface area (Å²) in [5, 5.41) is 0.751.